The summed E-state index contributed by atoms with van der Waals surface area (Å²) >= 11 is 0. The number of hydrogen-bond donors (Lipinski definition) is 2. The number of rotatable bonds is 7. The van der Waals surface area contributed by atoms with Crippen LogP contribution in [0.4, 0.5) is 5.69 Å². The van der Waals surface area contributed by atoms with E-state index in [0.717, 1.165) is 5.56 Å². The van der Waals surface area contributed by atoms with Crippen LogP contribution in [0.3, 0.4) is 0 Å². The molecule has 132 valence electrons. The number of hydrogen-bond acceptors (Lipinski definition) is 4. The van der Waals surface area contributed by atoms with E-state index in [2.05, 4.69) is 10.6 Å². The molecule has 0 saturated carbocycles. The van der Waals surface area contributed by atoms with E-state index in [9.17, 15) is 9.59 Å². The predicted octanol–water partition coefficient (Wildman–Crippen LogP) is 3.54. The fraction of sp³-hybridized carbons (Fsp3) is 0.300. The van der Waals surface area contributed by atoms with Gasteiger partial charge in [0.1, 0.15) is 6.04 Å². The fourth-order valence-electron chi connectivity index (χ4n) is 2.47. The molecule has 0 bridgehead atoms. The first-order chi connectivity index (χ1) is 12.0. The number of carbonyl (C=O) groups is 2. The molecule has 25 heavy (non-hydrogen) atoms. The van der Waals surface area contributed by atoms with Crippen molar-refractivity contribution >= 4 is 17.6 Å². The molecule has 5 nitrogen and oxygen atoms in total. The molecule has 0 heterocycles. The number of para-hydroxylation sites is 1. The number of esters is 1. The largest absolute Gasteiger partial charge is 0.464 e. The first kappa shape index (κ1) is 18.5. The van der Waals surface area contributed by atoms with Crippen LogP contribution >= 0.6 is 0 Å². The Bertz CT molecular complexity index is 716. The Hall–Kier alpha value is -2.82. The number of amides is 1. The molecular formula is C20H24N2O3. The van der Waals surface area contributed by atoms with E-state index in [1.165, 1.54) is 0 Å². The zero-order valence-electron chi connectivity index (χ0n) is 14.8. The van der Waals surface area contributed by atoms with Crippen LogP contribution in [0, 0.1) is 0 Å². The minimum Gasteiger partial charge on any atom is -0.464 e. The van der Waals surface area contributed by atoms with Crippen LogP contribution in [0.25, 0.3) is 0 Å². The minimum absolute atomic E-state index is 0.121. The van der Waals surface area contributed by atoms with Crippen LogP contribution in [0.15, 0.2) is 54.6 Å². The average Bonchev–Trinajstić information content (AvgIpc) is 2.63. The smallest absolute Gasteiger partial charge is 0.328 e. The third-order valence-electron chi connectivity index (χ3n) is 3.83. The summed E-state index contributed by atoms with van der Waals surface area (Å²) in [6.45, 7) is 5.72. The second kappa shape index (κ2) is 8.87. The second-order valence-corrected chi connectivity index (χ2v) is 5.77. The van der Waals surface area contributed by atoms with Gasteiger partial charge in [0.2, 0.25) is 0 Å². The van der Waals surface area contributed by atoms with Crippen molar-refractivity contribution in [2.45, 2.75) is 32.9 Å². The van der Waals surface area contributed by atoms with Crippen LogP contribution < -0.4 is 10.6 Å². The summed E-state index contributed by atoms with van der Waals surface area (Å²) in [7, 11) is 0. The van der Waals surface area contributed by atoms with Gasteiger partial charge in [0.15, 0.2) is 0 Å². The molecule has 0 aliphatic carbocycles. The van der Waals surface area contributed by atoms with Gasteiger partial charge >= 0.3 is 5.97 Å². The van der Waals surface area contributed by atoms with E-state index in [0.29, 0.717) is 17.9 Å². The molecule has 1 amide bonds. The number of benzene rings is 2. The highest BCUT2D eigenvalue weighted by Gasteiger charge is 2.18. The zero-order valence-corrected chi connectivity index (χ0v) is 14.8. The van der Waals surface area contributed by atoms with E-state index in [-0.39, 0.29) is 17.9 Å². The van der Waals surface area contributed by atoms with Crippen molar-refractivity contribution in [3.05, 3.63) is 65.7 Å². The topological polar surface area (TPSA) is 67.4 Å². The summed E-state index contributed by atoms with van der Waals surface area (Å²) < 4.78 is 5.00. The number of carbonyl (C=O) groups excluding carboxylic acids is 2. The highest BCUT2D eigenvalue weighted by molar-refractivity contribution is 6.00. The van der Waals surface area contributed by atoms with Crippen LogP contribution in [0.2, 0.25) is 0 Å². The van der Waals surface area contributed by atoms with Crippen LogP contribution in [-0.4, -0.2) is 24.5 Å². The monoisotopic (exact) mass is 340 g/mol. The van der Waals surface area contributed by atoms with Gasteiger partial charge in [-0.05, 0) is 38.5 Å². The molecule has 2 N–H and O–H groups in total. The Kier molecular flexibility index (Phi) is 6.57. The third-order valence-corrected chi connectivity index (χ3v) is 3.83. The lowest BCUT2D eigenvalue weighted by atomic mass is 10.1. The van der Waals surface area contributed by atoms with Gasteiger partial charge in [0.25, 0.3) is 5.91 Å². The molecule has 0 aliphatic heterocycles. The van der Waals surface area contributed by atoms with Crippen molar-refractivity contribution in [2.75, 3.05) is 11.9 Å². The first-order valence-corrected chi connectivity index (χ1v) is 8.41. The quantitative estimate of drug-likeness (QED) is 0.757. The Morgan fingerprint density at radius 2 is 1.64 bits per heavy atom. The number of ether oxygens (including phenoxy) is 1. The Morgan fingerprint density at radius 1 is 1.00 bits per heavy atom. The SMILES string of the molecule is CCOC(=O)[C@@H](C)Nc1ccccc1C(=O)NC(C)c1ccccc1. The summed E-state index contributed by atoms with van der Waals surface area (Å²) in [5.74, 6) is -0.550. The molecule has 0 spiro atoms. The second-order valence-electron chi connectivity index (χ2n) is 5.77. The maximum atomic E-state index is 12.7. The van der Waals surface area contributed by atoms with Gasteiger partial charge in [0.05, 0.1) is 18.2 Å². The van der Waals surface area contributed by atoms with E-state index in [1.807, 2.05) is 43.3 Å². The average molecular weight is 340 g/mol. The van der Waals surface area contributed by atoms with Crippen molar-refractivity contribution in [1.29, 1.82) is 0 Å². The summed E-state index contributed by atoms with van der Waals surface area (Å²) in [5.41, 5.74) is 2.11. The number of anilines is 1. The summed E-state index contributed by atoms with van der Waals surface area (Å²) in [6, 6.07) is 16.2. The van der Waals surface area contributed by atoms with Crippen molar-refractivity contribution in [2.24, 2.45) is 0 Å². The minimum atomic E-state index is -0.541. The molecule has 1 unspecified atom stereocenters. The molecule has 2 rings (SSSR count). The lowest BCUT2D eigenvalue weighted by molar-refractivity contribution is -0.143. The highest BCUT2D eigenvalue weighted by Crippen LogP contribution is 2.19. The van der Waals surface area contributed by atoms with Gasteiger partial charge in [-0.25, -0.2) is 4.79 Å². The van der Waals surface area contributed by atoms with Gasteiger partial charge in [-0.2, -0.15) is 0 Å². The third kappa shape index (κ3) is 5.08. The predicted molar refractivity (Wildman–Crippen MR) is 98.5 cm³/mol. The van der Waals surface area contributed by atoms with Crippen molar-refractivity contribution < 1.29 is 14.3 Å². The molecule has 0 fully saturated rings. The van der Waals surface area contributed by atoms with Gasteiger partial charge in [-0.3, -0.25) is 4.79 Å². The lowest BCUT2D eigenvalue weighted by Crippen LogP contribution is -2.31. The lowest BCUT2D eigenvalue weighted by Gasteiger charge is -2.19. The van der Waals surface area contributed by atoms with Gasteiger partial charge in [-0.15, -0.1) is 0 Å². The van der Waals surface area contributed by atoms with Gasteiger partial charge < -0.3 is 15.4 Å². The summed E-state index contributed by atoms with van der Waals surface area (Å²) in [4.78, 5) is 24.5. The van der Waals surface area contributed by atoms with Crippen molar-refractivity contribution in [1.82, 2.24) is 5.32 Å². The summed E-state index contributed by atoms with van der Waals surface area (Å²) in [5, 5.41) is 6.04. The molecule has 2 atom stereocenters. The molecule has 0 aromatic heterocycles. The van der Waals surface area contributed by atoms with Crippen molar-refractivity contribution in [3.63, 3.8) is 0 Å². The van der Waals surface area contributed by atoms with Crippen LogP contribution in [-0.2, 0) is 9.53 Å². The molecule has 2 aromatic carbocycles. The normalized spacial score (nSPS) is 12.8. The molecule has 5 heteroatoms. The maximum Gasteiger partial charge on any atom is 0.328 e. The Labute approximate surface area is 148 Å². The first-order valence-electron chi connectivity index (χ1n) is 8.41. The van der Waals surface area contributed by atoms with E-state index in [4.69, 9.17) is 4.74 Å². The standard InChI is InChI=1S/C20H24N2O3/c1-4-25-20(24)15(3)21-18-13-9-8-12-17(18)19(23)22-14(2)16-10-6-5-7-11-16/h5-15,21H,4H2,1-3H3,(H,22,23)/t14?,15-/m1/s1. The van der Waals surface area contributed by atoms with Gasteiger partial charge in [-0.1, -0.05) is 42.5 Å². The summed E-state index contributed by atoms with van der Waals surface area (Å²) in [6.07, 6.45) is 0. The molecule has 2 aromatic rings. The number of nitrogens with one attached hydrogen (secondary N) is 2. The Balaban J connectivity index is 2.11. The van der Waals surface area contributed by atoms with Crippen LogP contribution in [0.1, 0.15) is 42.7 Å². The molecule has 0 radical (unpaired) electrons. The molecule has 0 saturated heterocycles. The van der Waals surface area contributed by atoms with E-state index >= 15 is 0 Å². The highest BCUT2D eigenvalue weighted by atomic mass is 16.5. The van der Waals surface area contributed by atoms with Gasteiger partial charge in [0, 0.05) is 5.69 Å². The zero-order chi connectivity index (χ0) is 18.2. The van der Waals surface area contributed by atoms with E-state index in [1.54, 1.807) is 32.0 Å². The molecular weight excluding hydrogens is 316 g/mol. The van der Waals surface area contributed by atoms with Crippen LogP contribution in [0.5, 0.6) is 0 Å². The fourth-order valence-corrected chi connectivity index (χ4v) is 2.47. The maximum absolute atomic E-state index is 12.7. The Morgan fingerprint density at radius 3 is 2.32 bits per heavy atom. The van der Waals surface area contributed by atoms with Crippen molar-refractivity contribution in [3.8, 4) is 0 Å². The molecule has 0 aliphatic rings. The van der Waals surface area contributed by atoms with E-state index < -0.39 is 6.04 Å².